The number of ether oxygens (including phenoxy) is 1. The second kappa shape index (κ2) is 5.98. The molecule has 2 rings (SSSR count). The maximum atomic E-state index is 9.21. The lowest BCUT2D eigenvalue weighted by Crippen LogP contribution is -2.35. The van der Waals surface area contributed by atoms with Gasteiger partial charge in [0, 0.05) is 26.7 Å². The van der Waals surface area contributed by atoms with Gasteiger partial charge >= 0.3 is 0 Å². The second-order valence-electron chi connectivity index (χ2n) is 5.23. The fourth-order valence-corrected chi connectivity index (χ4v) is 2.63. The van der Waals surface area contributed by atoms with Crippen LogP contribution in [0.15, 0.2) is 6.07 Å². The molecular formula is C14H22N4O. The van der Waals surface area contributed by atoms with Gasteiger partial charge in [-0.1, -0.05) is 6.92 Å². The van der Waals surface area contributed by atoms with E-state index < -0.39 is 0 Å². The van der Waals surface area contributed by atoms with Crippen LogP contribution in [0.4, 0.5) is 11.5 Å². The Bertz CT molecular complexity index is 467. The lowest BCUT2D eigenvalue weighted by atomic mass is 9.99. The van der Waals surface area contributed by atoms with Gasteiger partial charge in [-0.3, -0.25) is 0 Å². The Morgan fingerprint density at radius 1 is 1.47 bits per heavy atom. The molecule has 0 bridgehead atoms. The summed E-state index contributed by atoms with van der Waals surface area (Å²) in [7, 11) is 1.67. The quantitative estimate of drug-likeness (QED) is 0.899. The zero-order chi connectivity index (χ0) is 13.8. The molecule has 1 aromatic heterocycles. The predicted molar refractivity (Wildman–Crippen MR) is 76.0 cm³/mol. The van der Waals surface area contributed by atoms with Crippen LogP contribution in [0.3, 0.4) is 0 Å². The Hall–Kier alpha value is -1.67. The number of methoxy groups -OCH3 is 1. The Morgan fingerprint density at radius 2 is 2.16 bits per heavy atom. The van der Waals surface area contributed by atoms with Gasteiger partial charge in [-0.2, -0.15) is 5.26 Å². The molecule has 1 aromatic rings. The number of aromatic nitrogens is 1. The minimum absolute atomic E-state index is 0.583. The maximum absolute atomic E-state index is 9.21. The van der Waals surface area contributed by atoms with Crippen LogP contribution in [0, 0.1) is 17.2 Å². The molecule has 2 heterocycles. The highest BCUT2D eigenvalue weighted by Gasteiger charge is 2.22. The Morgan fingerprint density at radius 3 is 2.74 bits per heavy atom. The van der Waals surface area contributed by atoms with Crippen LogP contribution in [-0.4, -0.2) is 31.4 Å². The van der Waals surface area contributed by atoms with Crippen LogP contribution < -0.4 is 10.6 Å². The first-order chi connectivity index (χ1) is 9.17. The van der Waals surface area contributed by atoms with Crippen molar-refractivity contribution in [1.29, 1.82) is 5.26 Å². The number of anilines is 2. The van der Waals surface area contributed by atoms with Crippen LogP contribution in [0.25, 0.3) is 0 Å². The molecule has 19 heavy (non-hydrogen) atoms. The first-order valence-corrected chi connectivity index (χ1v) is 6.80. The van der Waals surface area contributed by atoms with Gasteiger partial charge in [-0.05, 0) is 24.8 Å². The first-order valence-electron chi connectivity index (χ1n) is 6.80. The van der Waals surface area contributed by atoms with Crippen molar-refractivity contribution < 1.29 is 4.74 Å². The minimum Gasteiger partial charge on any atom is -0.396 e. The van der Waals surface area contributed by atoms with Crippen molar-refractivity contribution in [3.05, 3.63) is 11.8 Å². The molecule has 0 unspecified atom stereocenters. The summed E-state index contributed by atoms with van der Waals surface area (Å²) in [6, 6.07) is 3.98. The van der Waals surface area contributed by atoms with Crippen LogP contribution in [0.2, 0.25) is 0 Å². The molecule has 5 heteroatoms. The average Bonchev–Trinajstić information content (AvgIpc) is 2.73. The molecule has 104 valence electrons. The summed E-state index contributed by atoms with van der Waals surface area (Å²) in [6.45, 7) is 5.55. The molecule has 0 atom stereocenters. The van der Waals surface area contributed by atoms with Gasteiger partial charge in [-0.25, -0.2) is 0 Å². The van der Waals surface area contributed by atoms with Gasteiger partial charge in [-0.15, -0.1) is 0 Å². The summed E-state index contributed by atoms with van der Waals surface area (Å²) >= 11 is 0. The normalized spacial score (nSPS) is 16.6. The molecule has 0 amide bonds. The molecule has 1 fully saturated rings. The number of nitrogen functional groups attached to an aromatic ring is 1. The molecule has 1 aliphatic rings. The zero-order valence-corrected chi connectivity index (χ0v) is 11.7. The number of hydrogen-bond donors (Lipinski definition) is 1. The van der Waals surface area contributed by atoms with Crippen molar-refractivity contribution in [3.8, 4) is 6.07 Å². The molecule has 0 aromatic carbocycles. The molecule has 0 radical (unpaired) electrons. The van der Waals surface area contributed by atoms with E-state index in [1.165, 1.54) is 12.8 Å². The smallest absolute Gasteiger partial charge is 0.133 e. The van der Waals surface area contributed by atoms with Crippen molar-refractivity contribution in [2.45, 2.75) is 26.3 Å². The highest BCUT2D eigenvalue weighted by molar-refractivity contribution is 5.68. The Balaban J connectivity index is 2.27. The zero-order valence-electron chi connectivity index (χ0n) is 11.7. The van der Waals surface area contributed by atoms with E-state index in [0.29, 0.717) is 24.5 Å². The van der Waals surface area contributed by atoms with E-state index in [2.05, 4.69) is 17.9 Å². The molecular weight excluding hydrogens is 240 g/mol. The van der Waals surface area contributed by atoms with Crippen molar-refractivity contribution in [2.24, 2.45) is 5.92 Å². The first kappa shape index (κ1) is 13.8. The SMILES string of the molecule is COCCn1c(C#N)cc(N)c1N1CCC(C)CC1. The predicted octanol–water partition coefficient (Wildman–Crippen LogP) is 1.82. The van der Waals surface area contributed by atoms with Gasteiger partial charge in [0.15, 0.2) is 0 Å². The highest BCUT2D eigenvalue weighted by Crippen LogP contribution is 2.31. The summed E-state index contributed by atoms with van der Waals surface area (Å²) in [5.74, 6) is 1.76. The van der Waals surface area contributed by atoms with E-state index in [1.54, 1.807) is 13.2 Å². The van der Waals surface area contributed by atoms with Gasteiger partial charge in [0.25, 0.3) is 0 Å². The fourth-order valence-electron chi connectivity index (χ4n) is 2.63. The van der Waals surface area contributed by atoms with Crippen molar-refractivity contribution in [1.82, 2.24) is 4.57 Å². The number of hydrogen-bond acceptors (Lipinski definition) is 4. The van der Waals surface area contributed by atoms with E-state index >= 15 is 0 Å². The largest absolute Gasteiger partial charge is 0.396 e. The lowest BCUT2D eigenvalue weighted by molar-refractivity contribution is 0.187. The van der Waals surface area contributed by atoms with Crippen LogP contribution in [-0.2, 0) is 11.3 Å². The van der Waals surface area contributed by atoms with Gasteiger partial charge in [0.05, 0.1) is 12.3 Å². The molecule has 0 spiro atoms. The number of nitrogens with two attached hydrogens (primary N) is 1. The van der Waals surface area contributed by atoms with Crippen molar-refractivity contribution in [3.63, 3.8) is 0 Å². The summed E-state index contributed by atoms with van der Waals surface area (Å²) < 4.78 is 7.11. The van der Waals surface area contributed by atoms with E-state index in [0.717, 1.165) is 24.8 Å². The van der Waals surface area contributed by atoms with E-state index in [9.17, 15) is 5.26 Å². The molecule has 1 aliphatic heterocycles. The molecule has 5 nitrogen and oxygen atoms in total. The van der Waals surface area contributed by atoms with Crippen molar-refractivity contribution in [2.75, 3.05) is 37.4 Å². The molecule has 0 saturated carbocycles. The van der Waals surface area contributed by atoms with Crippen LogP contribution >= 0.6 is 0 Å². The number of nitrogens with zero attached hydrogens (tertiary/aromatic N) is 3. The van der Waals surface area contributed by atoms with Gasteiger partial charge < -0.3 is 19.9 Å². The molecule has 1 saturated heterocycles. The van der Waals surface area contributed by atoms with Crippen LogP contribution in [0.1, 0.15) is 25.5 Å². The van der Waals surface area contributed by atoms with E-state index in [-0.39, 0.29) is 0 Å². The fraction of sp³-hybridized carbons (Fsp3) is 0.643. The number of piperidine rings is 1. The average molecular weight is 262 g/mol. The molecule has 2 N–H and O–H groups in total. The lowest BCUT2D eigenvalue weighted by Gasteiger charge is -2.33. The summed E-state index contributed by atoms with van der Waals surface area (Å²) in [4.78, 5) is 2.30. The Labute approximate surface area is 114 Å². The topological polar surface area (TPSA) is 67.2 Å². The maximum Gasteiger partial charge on any atom is 0.133 e. The Kier molecular flexibility index (Phi) is 4.33. The summed E-state index contributed by atoms with van der Waals surface area (Å²) in [6.07, 6.45) is 2.35. The summed E-state index contributed by atoms with van der Waals surface area (Å²) in [5, 5.41) is 9.21. The standard InChI is InChI=1S/C14H22N4O/c1-11-3-5-17(6-4-11)14-13(16)9-12(10-15)18(14)7-8-19-2/h9,11H,3-8,16H2,1-2H3. The third-order valence-corrected chi connectivity index (χ3v) is 3.81. The van der Waals surface area contributed by atoms with Gasteiger partial charge in [0.2, 0.25) is 0 Å². The second-order valence-corrected chi connectivity index (χ2v) is 5.23. The van der Waals surface area contributed by atoms with Gasteiger partial charge in [0.1, 0.15) is 17.6 Å². The van der Waals surface area contributed by atoms with Crippen LogP contribution in [0.5, 0.6) is 0 Å². The van der Waals surface area contributed by atoms with E-state index in [4.69, 9.17) is 10.5 Å². The van der Waals surface area contributed by atoms with E-state index in [1.807, 2.05) is 4.57 Å². The third-order valence-electron chi connectivity index (χ3n) is 3.81. The minimum atomic E-state index is 0.583. The number of rotatable bonds is 4. The number of nitriles is 1. The molecule has 0 aliphatic carbocycles. The monoisotopic (exact) mass is 262 g/mol. The highest BCUT2D eigenvalue weighted by atomic mass is 16.5. The summed E-state index contributed by atoms with van der Waals surface area (Å²) in [5.41, 5.74) is 7.41. The van der Waals surface area contributed by atoms with Crippen molar-refractivity contribution >= 4 is 11.5 Å². The third kappa shape index (κ3) is 2.85.